The van der Waals surface area contributed by atoms with Crippen molar-refractivity contribution in [2.24, 2.45) is 5.41 Å². The molecule has 1 atom stereocenters. The van der Waals surface area contributed by atoms with Crippen molar-refractivity contribution in [3.8, 4) is 0 Å². The highest BCUT2D eigenvalue weighted by molar-refractivity contribution is 4.83. The lowest BCUT2D eigenvalue weighted by molar-refractivity contribution is 0.120. The summed E-state index contributed by atoms with van der Waals surface area (Å²) in [6, 6.07) is 0.543. The van der Waals surface area contributed by atoms with Gasteiger partial charge < -0.3 is 15.0 Å². The van der Waals surface area contributed by atoms with Gasteiger partial charge in [0.05, 0.1) is 6.61 Å². The van der Waals surface area contributed by atoms with E-state index in [1.54, 1.807) is 0 Å². The number of ether oxygens (including phenoxy) is 1. The first-order valence-electron chi connectivity index (χ1n) is 6.03. The van der Waals surface area contributed by atoms with E-state index in [0.717, 1.165) is 26.3 Å². The fraction of sp³-hybridized carbons (Fsp3) is 1.00. The lowest BCUT2D eigenvalue weighted by atomic mass is 9.85. The molecule has 90 valence electrons. The molecule has 0 radical (unpaired) electrons. The van der Waals surface area contributed by atoms with E-state index in [-0.39, 0.29) is 0 Å². The summed E-state index contributed by atoms with van der Waals surface area (Å²) in [6.07, 6.45) is 1.17. The van der Waals surface area contributed by atoms with Crippen LogP contribution in [0.2, 0.25) is 0 Å². The molecule has 1 rings (SSSR count). The van der Waals surface area contributed by atoms with Gasteiger partial charge in [-0.3, -0.25) is 0 Å². The molecule has 1 N–H and O–H groups in total. The lowest BCUT2D eigenvalue weighted by Crippen LogP contribution is -2.46. The van der Waals surface area contributed by atoms with E-state index in [1.807, 2.05) is 7.05 Å². The molecule has 3 nitrogen and oxygen atoms in total. The smallest absolute Gasteiger partial charge is 0.0593 e. The first-order valence-corrected chi connectivity index (χ1v) is 6.03. The third-order valence-corrected chi connectivity index (χ3v) is 3.55. The van der Waals surface area contributed by atoms with Gasteiger partial charge in [0.15, 0.2) is 0 Å². The Morgan fingerprint density at radius 2 is 2.07 bits per heavy atom. The van der Waals surface area contributed by atoms with Gasteiger partial charge in [0.1, 0.15) is 0 Å². The van der Waals surface area contributed by atoms with Crippen molar-refractivity contribution in [2.45, 2.75) is 33.2 Å². The van der Waals surface area contributed by atoms with Crippen molar-refractivity contribution in [1.29, 1.82) is 0 Å². The molecular weight excluding hydrogens is 188 g/mol. The Hall–Kier alpha value is -0.120. The second-order valence-electron chi connectivity index (χ2n) is 5.24. The van der Waals surface area contributed by atoms with Crippen LogP contribution in [0.15, 0.2) is 0 Å². The van der Waals surface area contributed by atoms with Gasteiger partial charge in [-0.1, -0.05) is 13.8 Å². The van der Waals surface area contributed by atoms with Crippen LogP contribution in [0.4, 0.5) is 0 Å². The van der Waals surface area contributed by atoms with Crippen LogP contribution in [0.3, 0.4) is 0 Å². The molecule has 0 aromatic heterocycles. The van der Waals surface area contributed by atoms with Crippen LogP contribution in [0, 0.1) is 5.41 Å². The molecule has 0 aromatic rings. The Kier molecular flexibility index (Phi) is 5.03. The van der Waals surface area contributed by atoms with E-state index in [9.17, 15) is 0 Å². The van der Waals surface area contributed by atoms with E-state index < -0.39 is 0 Å². The maximum Gasteiger partial charge on any atom is 0.0593 e. The highest BCUT2D eigenvalue weighted by Crippen LogP contribution is 2.22. The number of nitrogens with zero attached hydrogens (tertiary/aromatic N) is 1. The van der Waals surface area contributed by atoms with Crippen molar-refractivity contribution in [1.82, 2.24) is 10.2 Å². The molecule has 1 saturated heterocycles. The van der Waals surface area contributed by atoms with Crippen molar-refractivity contribution < 1.29 is 4.74 Å². The summed E-state index contributed by atoms with van der Waals surface area (Å²) in [4.78, 5) is 2.53. The molecule has 0 saturated carbocycles. The van der Waals surface area contributed by atoms with Crippen LogP contribution in [-0.2, 0) is 4.74 Å². The van der Waals surface area contributed by atoms with E-state index in [0.29, 0.717) is 11.5 Å². The molecule has 1 heterocycles. The van der Waals surface area contributed by atoms with Crippen LogP contribution >= 0.6 is 0 Å². The van der Waals surface area contributed by atoms with E-state index in [1.165, 1.54) is 13.0 Å². The first-order chi connectivity index (χ1) is 7.06. The Morgan fingerprint density at radius 1 is 1.33 bits per heavy atom. The summed E-state index contributed by atoms with van der Waals surface area (Å²) < 4.78 is 5.47. The zero-order chi connectivity index (χ0) is 11.3. The van der Waals surface area contributed by atoms with E-state index in [2.05, 4.69) is 31.0 Å². The Labute approximate surface area is 94.2 Å². The fourth-order valence-corrected chi connectivity index (χ4v) is 2.06. The predicted octanol–water partition coefficient (Wildman–Crippen LogP) is 1.34. The fourth-order valence-electron chi connectivity index (χ4n) is 2.06. The van der Waals surface area contributed by atoms with Crippen molar-refractivity contribution >= 4 is 0 Å². The summed E-state index contributed by atoms with van der Waals surface area (Å²) in [5, 5.41) is 3.35. The van der Waals surface area contributed by atoms with Crippen LogP contribution in [0.25, 0.3) is 0 Å². The van der Waals surface area contributed by atoms with Crippen LogP contribution in [0.5, 0.6) is 0 Å². The summed E-state index contributed by atoms with van der Waals surface area (Å²) in [5.41, 5.74) is 0.319. The second-order valence-corrected chi connectivity index (χ2v) is 5.24. The maximum absolute atomic E-state index is 5.47. The second kappa shape index (κ2) is 5.83. The number of nitrogens with one attached hydrogen (secondary N) is 1. The van der Waals surface area contributed by atoms with Gasteiger partial charge >= 0.3 is 0 Å². The van der Waals surface area contributed by atoms with Gasteiger partial charge in [0.25, 0.3) is 0 Å². The van der Waals surface area contributed by atoms with Crippen LogP contribution < -0.4 is 5.32 Å². The zero-order valence-corrected chi connectivity index (χ0v) is 10.7. The molecule has 1 fully saturated rings. The van der Waals surface area contributed by atoms with Gasteiger partial charge in [-0.15, -0.1) is 0 Å². The minimum Gasteiger partial charge on any atom is -0.380 e. The largest absolute Gasteiger partial charge is 0.380 e. The minimum absolute atomic E-state index is 0.319. The summed E-state index contributed by atoms with van der Waals surface area (Å²) in [5.74, 6) is 0. The quantitative estimate of drug-likeness (QED) is 0.764. The third kappa shape index (κ3) is 4.09. The Morgan fingerprint density at radius 3 is 2.73 bits per heavy atom. The topological polar surface area (TPSA) is 24.5 Å². The first kappa shape index (κ1) is 12.9. The summed E-state index contributed by atoms with van der Waals surface area (Å²) in [7, 11) is 2.04. The predicted molar refractivity (Wildman–Crippen MR) is 64.2 cm³/mol. The average Bonchev–Trinajstić information content (AvgIpc) is 2.44. The minimum atomic E-state index is 0.319. The maximum atomic E-state index is 5.47. The van der Waals surface area contributed by atoms with E-state index in [4.69, 9.17) is 4.74 Å². The molecule has 1 aliphatic rings. The van der Waals surface area contributed by atoms with Gasteiger partial charge in [-0.25, -0.2) is 0 Å². The number of hydrogen-bond donors (Lipinski definition) is 1. The van der Waals surface area contributed by atoms with Gasteiger partial charge in [0.2, 0.25) is 0 Å². The molecule has 0 amide bonds. The number of rotatable bonds is 4. The monoisotopic (exact) mass is 214 g/mol. The van der Waals surface area contributed by atoms with Gasteiger partial charge in [-0.05, 0) is 25.8 Å². The van der Waals surface area contributed by atoms with Crippen LogP contribution in [0.1, 0.15) is 27.2 Å². The average molecular weight is 214 g/mol. The molecule has 0 aromatic carbocycles. The SMILES string of the molecule is CNC(C)C(C)(C)CN1CCCOCC1. The highest BCUT2D eigenvalue weighted by atomic mass is 16.5. The molecule has 0 aliphatic carbocycles. The molecule has 15 heavy (non-hydrogen) atoms. The molecular formula is C12H26N2O. The van der Waals surface area contributed by atoms with E-state index >= 15 is 0 Å². The molecule has 0 bridgehead atoms. The zero-order valence-electron chi connectivity index (χ0n) is 10.7. The highest BCUT2D eigenvalue weighted by Gasteiger charge is 2.27. The van der Waals surface area contributed by atoms with Crippen LogP contribution in [-0.4, -0.2) is 50.8 Å². The van der Waals surface area contributed by atoms with Crippen molar-refractivity contribution in [3.05, 3.63) is 0 Å². The van der Waals surface area contributed by atoms with Gasteiger partial charge in [0, 0.05) is 32.3 Å². The van der Waals surface area contributed by atoms with Crippen molar-refractivity contribution in [2.75, 3.05) is 39.9 Å². The molecule has 1 aliphatic heterocycles. The summed E-state index contributed by atoms with van der Waals surface area (Å²) >= 11 is 0. The molecule has 0 spiro atoms. The number of hydrogen-bond acceptors (Lipinski definition) is 3. The molecule has 3 heteroatoms. The Bertz CT molecular complexity index is 174. The Balaban J connectivity index is 2.43. The molecule has 1 unspecified atom stereocenters. The normalized spacial score (nSPS) is 22.4. The van der Waals surface area contributed by atoms with Gasteiger partial charge in [-0.2, -0.15) is 0 Å². The van der Waals surface area contributed by atoms with Crippen molar-refractivity contribution in [3.63, 3.8) is 0 Å². The third-order valence-electron chi connectivity index (χ3n) is 3.55. The summed E-state index contributed by atoms with van der Waals surface area (Å²) in [6.45, 7) is 12.2. The standard InChI is InChI=1S/C12H26N2O/c1-11(13-4)12(2,3)10-14-6-5-8-15-9-7-14/h11,13H,5-10H2,1-4H3. The lowest BCUT2D eigenvalue weighted by Gasteiger charge is -2.36.